The van der Waals surface area contributed by atoms with Gasteiger partial charge in [0.05, 0.1) is 6.54 Å². The summed E-state index contributed by atoms with van der Waals surface area (Å²) in [6.45, 7) is 4.18. The summed E-state index contributed by atoms with van der Waals surface area (Å²) in [5.41, 5.74) is 6.36. The highest BCUT2D eigenvalue weighted by Gasteiger charge is 2.05. The Morgan fingerprint density at radius 3 is 2.39 bits per heavy atom. The first-order valence-corrected chi connectivity index (χ1v) is 5.96. The fraction of sp³-hybridized carbons (Fsp3) is 0.385. The second-order valence-electron chi connectivity index (χ2n) is 4.17. The van der Waals surface area contributed by atoms with Gasteiger partial charge in [-0.25, -0.2) is 0 Å². The number of nitrogens with two attached hydrogens (primary N) is 1. The molecule has 4 N–H and O–H groups in total. The van der Waals surface area contributed by atoms with Gasteiger partial charge >= 0.3 is 0 Å². The zero-order valence-electron chi connectivity index (χ0n) is 10.7. The molecule has 1 unspecified atom stereocenters. The quantitative estimate of drug-likeness (QED) is 0.706. The Morgan fingerprint density at radius 1 is 1.28 bits per heavy atom. The van der Waals surface area contributed by atoms with Crippen molar-refractivity contribution in [2.45, 2.75) is 26.3 Å². The summed E-state index contributed by atoms with van der Waals surface area (Å²) in [4.78, 5) is 22.4. The molecule has 0 saturated carbocycles. The molecular weight excluding hydrogens is 230 g/mol. The van der Waals surface area contributed by atoms with Crippen LogP contribution in [0.15, 0.2) is 24.3 Å². The van der Waals surface area contributed by atoms with Crippen molar-refractivity contribution < 1.29 is 9.59 Å². The van der Waals surface area contributed by atoms with E-state index in [1.165, 1.54) is 0 Å². The molecule has 0 fully saturated rings. The van der Waals surface area contributed by atoms with Crippen LogP contribution in [0.25, 0.3) is 0 Å². The van der Waals surface area contributed by atoms with Gasteiger partial charge in [-0.3, -0.25) is 9.59 Å². The molecule has 5 heteroatoms. The summed E-state index contributed by atoms with van der Waals surface area (Å²) in [6, 6.07) is 6.86. The number of nitrogens with one attached hydrogen (secondary N) is 2. The van der Waals surface area contributed by atoms with Gasteiger partial charge in [0.2, 0.25) is 11.8 Å². The van der Waals surface area contributed by atoms with Crippen molar-refractivity contribution in [2.75, 3.05) is 11.9 Å². The fourth-order valence-electron chi connectivity index (χ4n) is 1.36. The van der Waals surface area contributed by atoms with Gasteiger partial charge in [0, 0.05) is 17.3 Å². The van der Waals surface area contributed by atoms with E-state index in [4.69, 9.17) is 5.73 Å². The van der Waals surface area contributed by atoms with Gasteiger partial charge < -0.3 is 16.4 Å². The minimum Gasteiger partial charge on any atom is -0.376 e. The van der Waals surface area contributed by atoms with E-state index in [0.717, 1.165) is 12.1 Å². The molecule has 0 heterocycles. The second kappa shape index (κ2) is 6.64. The Labute approximate surface area is 107 Å². The third-order valence-corrected chi connectivity index (χ3v) is 2.64. The summed E-state index contributed by atoms with van der Waals surface area (Å²) < 4.78 is 0. The molecule has 0 aliphatic heterocycles. The average Bonchev–Trinajstić information content (AvgIpc) is 2.36. The number of carbonyl (C=O) groups excluding carboxylic acids is 2. The van der Waals surface area contributed by atoms with E-state index in [1.807, 2.05) is 13.8 Å². The van der Waals surface area contributed by atoms with E-state index in [2.05, 4.69) is 10.6 Å². The minimum atomic E-state index is -0.462. The number of primary amides is 1. The molecule has 1 aromatic rings. The van der Waals surface area contributed by atoms with Gasteiger partial charge in [0.15, 0.2) is 0 Å². The van der Waals surface area contributed by atoms with Crippen molar-refractivity contribution in [1.29, 1.82) is 0 Å². The van der Waals surface area contributed by atoms with Crippen molar-refractivity contribution in [3.8, 4) is 0 Å². The summed E-state index contributed by atoms with van der Waals surface area (Å²) in [7, 11) is 0. The van der Waals surface area contributed by atoms with E-state index < -0.39 is 5.91 Å². The highest BCUT2D eigenvalue weighted by Crippen LogP contribution is 2.08. The van der Waals surface area contributed by atoms with Crippen LogP contribution in [0.5, 0.6) is 0 Å². The molecule has 98 valence electrons. The van der Waals surface area contributed by atoms with E-state index in [0.29, 0.717) is 5.56 Å². The molecule has 0 saturated heterocycles. The number of rotatable bonds is 6. The van der Waals surface area contributed by atoms with Crippen LogP contribution in [0.3, 0.4) is 0 Å². The Hall–Kier alpha value is -2.04. The maximum Gasteiger partial charge on any atom is 0.248 e. The van der Waals surface area contributed by atoms with Crippen molar-refractivity contribution in [2.24, 2.45) is 5.73 Å². The summed E-state index contributed by atoms with van der Waals surface area (Å²) in [5.74, 6) is -0.514. The van der Waals surface area contributed by atoms with Gasteiger partial charge in [0.1, 0.15) is 0 Å². The van der Waals surface area contributed by atoms with Crippen molar-refractivity contribution in [3.63, 3.8) is 0 Å². The molecule has 0 spiro atoms. The molecular formula is C13H19N3O2. The number of benzene rings is 1. The van der Waals surface area contributed by atoms with Gasteiger partial charge in [0.25, 0.3) is 0 Å². The van der Waals surface area contributed by atoms with Crippen molar-refractivity contribution in [3.05, 3.63) is 29.8 Å². The zero-order chi connectivity index (χ0) is 13.5. The minimum absolute atomic E-state index is 0.0525. The van der Waals surface area contributed by atoms with Crippen LogP contribution in [-0.2, 0) is 4.79 Å². The number of anilines is 1. The first kappa shape index (κ1) is 14.0. The predicted molar refractivity (Wildman–Crippen MR) is 71.3 cm³/mol. The Kier molecular flexibility index (Phi) is 5.17. The Bertz CT molecular complexity index is 415. The summed E-state index contributed by atoms with van der Waals surface area (Å²) >= 11 is 0. The van der Waals surface area contributed by atoms with Gasteiger partial charge in [-0.05, 0) is 37.6 Å². The van der Waals surface area contributed by atoms with Crippen LogP contribution in [0, 0.1) is 0 Å². The van der Waals surface area contributed by atoms with Crippen LogP contribution >= 0.6 is 0 Å². The number of amides is 2. The number of carbonyl (C=O) groups is 2. The molecule has 18 heavy (non-hydrogen) atoms. The van der Waals surface area contributed by atoms with Crippen LogP contribution in [0.2, 0.25) is 0 Å². The molecule has 0 aliphatic carbocycles. The van der Waals surface area contributed by atoms with Crippen LogP contribution in [0.1, 0.15) is 30.6 Å². The SMILES string of the molecule is CCC(C)NC(=O)CNc1ccc(C(N)=O)cc1. The monoisotopic (exact) mass is 249 g/mol. The van der Waals surface area contributed by atoms with E-state index in [9.17, 15) is 9.59 Å². The third kappa shape index (κ3) is 4.45. The predicted octanol–water partition coefficient (Wildman–Crippen LogP) is 1.11. The lowest BCUT2D eigenvalue weighted by atomic mass is 10.2. The Balaban J connectivity index is 2.44. The molecule has 0 bridgehead atoms. The maximum absolute atomic E-state index is 11.5. The summed E-state index contributed by atoms with van der Waals surface area (Å²) in [6.07, 6.45) is 0.902. The van der Waals surface area contributed by atoms with E-state index >= 15 is 0 Å². The largest absolute Gasteiger partial charge is 0.376 e. The van der Waals surface area contributed by atoms with E-state index in [1.54, 1.807) is 24.3 Å². The smallest absolute Gasteiger partial charge is 0.248 e. The van der Waals surface area contributed by atoms with Crippen molar-refractivity contribution >= 4 is 17.5 Å². The second-order valence-corrected chi connectivity index (χ2v) is 4.17. The normalized spacial score (nSPS) is 11.7. The lowest BCUT2D eigenvalue weighted by Gasteiger charge is -2.12. The highest BCUT2D eigenvalue weighted by atomic mass is 16.2. The molecule has 0 radical (unpaired) electrons. The van der Waals surface area contributed by atoms with Gasteiger partial charge in [-0.15, -0.1) is 0 Å². The molecule has 2 amide bonds. The molecule has 0 aliphatic rings. The first-order valence-electron chi connectivity index (χ1n) is 5.96. The molecule has 1 atom stereocenters. The molecule has 1 rings (SSSR count). The van der Waals surface area contributed by atoms with Crippen molar-refractivity contribution in [1.82, 2.24) is 5.32 Å². The van der Waals surface area contributed by atoms with Crippen LogP contribution in [0.4, 0.5) is 5.69 Å². The zero-order valence-corrected chi connectivity index (χ0v) is 10.7. The first-order chi connectivity index (χ1) is 8.52. The third-order valence-electron chi connectivity index (χ3n) is 2.64. The highest BCUT2D eigenvalue weighted by molar-refractivity contribution is 5.93. The number of hydrogen-bond donors (Lipinski definition) is 3. The van der Waals surface area contributed by atoms with Gasteiger partial charge in [-0.2, -0.15) is 0 Å². The lowest BCUT2D eigenvalue weighted by molar-refractivity contribution is -0.120. The number of hydrogen-bond acceptors (Lipinski definition) is 3. The molecule has 0 aromatic heterocycles. The van der Waals surface area contributed by atoms with Crippen LogP contribution in [-0.4, -0.2) is 24.4 Å². The van der Waals surface area contributed by atoms with Gasteiger partial charge in [-0.1, -0.05) is 6.92 Å². The average molecular weight is 249 g/mol. The standard InChI is InChI=1S/C13H19N3O2/c1-3-9(2)16-12(17)8-15-11-6-4-10(5-7-11)13(14)18/h4-7,9,15H,3,8H2,1-2H3,(H2,14,18)(H,16,17). The fourth-order valence-corrected chi connectivity index (χ4v) is 1.36. The molecule has 5 nitrogen and oxygen atoms in total. The molecule has 1 aromatic carbocycles. The summed E-state index contributed by atoms with van der Waals surface area (Å²) in [5, 5.41) is 5.83. The lowest BCUT2D eigenvalue weighted by Crippen LogP contribution is -2.36. The maximum atomic E-state index is 11.5. The topological polar surface area (TPSA) is 84.2 Å². The van der Waals surface area contributed by atoms with Crippen LogP contribution < -0.4 is 16.4 Å². The van der Waals surface area contributed by atoms with E-state index in [-0.39, 0.29) is 18.5 Å². The Morgan fingerprint density at radius 2 is 1.89 bits per heavy atom.